The zero-order chi connectivity index (χ0) is 19.9. The van der Waals surface area contributed by atoms with Gasteiger partial charge in [-0.05, 0) is 43.2 Å². The van der Waals surface area contributed by atoms with Crippen molar-refractivity contribution < 1.29 is 0 Å². The van der Waals surface area contributed by atoms with E-state index in [1.807, 2.05) is 36.4 Å². The maximum Gasteiger partial charge on any atom is 0.181 e. The van der Waals surface area contributed by atoms with Gasteiger partial charge in [0, 0.05) is 30.2 Å². The molecule has 0 amide bonds. The lowest BCUT2D eigenvalue weighted by molar-refractivity contribution is 0.252. The van der Waals surface area contributed by atoms with E-state index >= 15 is 0 Å². The number of nitrogens with zero attached hydrogens (tertiary/aromatic N) is 4. The first-order valence-electron chi connectivity index (χ1n) is 9.74. The number of H-pyrrole nitrogens is 1. The molecule has 1 unspecified atom stereocenters. The van der Waals surface area contributed by atoms with E-state index in [1.54, 1.807) is 12.4 Å². The molecule has 2 heterocycles. The average Bonchev–Trinajstić information content (AvgIpc) is 3.28. The van der Waals surface area contributed by atoms with Gasteiger partial charge in [-0.15, -0.1) is 0 Å². The number of benzene rings is 2. The van der Waals surface area contributed by atoms with Crippen LogP contribution in [0.4, 0.5) is 5.69 Å². The summed E-state index contributed by atoms with van der Waals surface area (Å²) in [6.45, 7) is 2.95. The number of anilines is 1. The number of para-hydroxylation sites is 1. The van der Waals surface area contributed by atoms with E-state index < -0.39 is 0 Å². The average molecular weight is 384 g/mol. The molecular formula is C23H24N6. The Bertz CT molecular complexity index is 1000. The molecule has 4 rings (SSSR count). The van der Waals surface area contributed by atoms with E-state index in [2.05, 4.69) is 68.9 Å². The number of nitrogens with one attached hydrogen (secondary N) is 2. The summed E-state index contributed by atoms with van der Waals surface area (Å²) in [6, 6.07) is 24.5. The highest BCUT2D eigenvalue weighted by atomic mass is 15.5. The van der Waals surface area contributed by atoms with Gasteiger partial charge in [-0.1, -0.05) is 48.5 Å². The zero-order valence-electron chi connectivity index (χ0n) is 16.4. The third-order valence-corrected chi connectivity index (χ3v) is 4.84. The van der Waals surface area contributed by atoms with Gasteiger partial charge in [0.1, 0.15) is 5.82 Å². The van der Waals surface area contributed by atoms with Gasteiger partial charge in [-0.2, -0.15) is 5.10 Å². The predicted octanol–water partition coefficient (Wildman–Crippen LogP) is 4.50. The molecule has 0 fully saturated rings. The number of hydrogen-bond acceptors (Lipinski definition) is 5. The Hall–Kier alpha value is -3.51. The summed E-state index contributed by atoms with van der Waals surface area (Å²) in [5.74, 6) is 1.49. The quantitative estimate of drug-likeness (QED) is 0.438. The van der Waals surface area contributed by atoms with Gasteiger partial charge in [0.2, 0.25) is 0 Å². The van der Waals surface area contributed by atoms with Crippen LogP contribution in [-0.4, -0.2) is 31.7 Å². The van der Waals surface area contributed by atoms with Crippen molar-refractivity contribution in [2.24, 2.45) is 0 Å². The Morgan fingerprint density at radius 3 is 2.34 bits per heavy atom. The molecule has 0 radical (unpaired) electrons. The first-order valence-corrected chi connectivity index (χ1v) is 9.74. The predicted molar refractivity (Wildman–Crippen MR) is 115 cm³/mol. The van der Waals surface area contributed by atoms with E-state index in [4.69, 9.17) is 4.98 Å². The molecule has 0 saturated carbocycles. The summed E-state index contributed by atoms with van der Waals surface area (Å²) in [5, 5.41) is 9.70. The molecule has 2 N–H and O–H groups in total. The monoisotopic (exact) mass is 384 g/mol. The van der Waals surface area contributed by atoms with Crippen LogP contribution in [0.25, 0.3) is 11.4 Å². The maximum absolute atomic E-state index is 4.72. The van der Waals surface area contributed by atoms with Crippen molar-refractivity contribution >= 4 is 5.69 Å². The topological polar surface area (TPSA) is 69.7 Å². The lowest BCUT2D eigenvalue weighted by atomic mass is 10.1. The second kappa shape index (κ2) is 9.12. The van der Waals surface area contributed by atoms with E-state index in [1.165, 1.54) is 5.56 Å². The number of aromatic nitrogens is 4. The van der Waals surface area contributed by atoms with Crippen molar-refractivity contribution in [3.05, 3.63) is 96.6 Å². The van der Waals surface area contributed by atoms with Crippen LogP contribution in [0.5, 0.6) is 0 Å². The summed E-state index contributed by atoms with van der Waals surface area (Å²) in [6.07, 6.45) is 4.42. The van der Waals surface area contributed by atoms with Gasteiger partial charge >= 0.3 is 0 Å². The molecule has 0 aliphatic carbocycles. The molecule has 6 heteroatoms. The fourth-order valence-corrected chi connectivity index (χ4v) is 3.16. The van der Waals surface area contributed by atoms with E-state index in [0.29, 0.717) is 5.82 Å². The van der Waals surface area contributed by atoms with Crippen LogP contribution in [0, 0.1) is 0 Å². The van der Waals surface area contributed by atoms with E-state index in [9.17, 15) is 0 Å². The van der Waals surface area contributed by atoms with Crippen molar-refractivity contribution in [2.75, 3.05) is 12.0 Å². The molecule has 29 heavy (non-hydrogen) atoms. The van der Waals surface area contributed by atoms with Crippen LogP contribution in [0.3, 0.4) is 0 Å². The highest BCUT2D eigenvalue weighted by Crippen LogP contribution is 2.22. The summed E-state index contributed by atoms with van der Waals surface area (Å²) < 4.78 is 0. The van der Waals surface area contributed by atoms with Crippen molar-refractivity contribution in [1.29, 1.82) is 0 Å². The second-order valence-electron chi connectivity index (χ2n) is 6.86. The van der Waals surface area contributed by atoms with Crippen LogP contribution >= 0.6 is 0 Å². The van der Waals surface area contributed by atoms with Crippen molar-refractivity contribution in [3.63, 3.8) is 0 Å². The number of hydrogen-bond donors (Lipinski definition) is 2. The number of hydrazine groups is 1. The summed E-state index contributed by atoms with van der Waals surface area (Å²) in [5.41, 5.74) is 6.82. The van der Waals surface area contributed by atoms with Crippen LogP contribution in [0.1, 0.15) is 24.4 Å². The van der Waals surface area contributed by atoms with Crippen LogP contribution < -0.4 is 5.43 Å². The highest BCUT2D eigenvalue weighted by Gasteiger charge is 2.20. The first kappa shape index (κ1) is 18.8. The molecule has 4 aromatic rings. The first-order chi connectivity index (χ1) is 14.3. The van der Waals surface area contributed by atoms with Crippen LogP contribution in [0.15, 0.2) is 85.2 Å². The molecule has 0 saturated heterocycles. The number of pyridine rings is 1. The number of rotatable bonds is 8. The van der Waals surface area contributed by atoms with Crippen LogP contribution in [0.2, 0.25) is 0 Å². The second-order valence-corrected chi connectivity index (χ2v) is 6.86. The Labute approximate surface area is 170 Å². The zero-order valence-corrected chi connectivity index (χ0v) is 16.4. The Morgan fingerprint density at radius 2 is 1.62 bits per heavy atom. The van der Waals surface area contributed by atoms with Gasteiger partial charge in [-0.3, -0.25) is 10.1 Å². The van der Waals surface area contributed by atoms with Gasteiger partial charge < -0.3 is 5.43 Å². The molecule has 6 nitrogen and oxygen atoms in total. The molecule has 2 aromatic heterocycles. The third kappa shape index (κ3) is 4.86. The Balaban J connectivity index is 1.53. The molecule has 0 bridgehead atoms. The Morgan fingerprint density at radius 1 is 0.931 bits per heavy atom. The fraction of sp³-hybridized carbons (Fsp3) is 0.174. The van der Waals surface area contributed by atoms with Gasteiger partial charge in [0.25, 0.3) is 0 Å². The minimum atomic E-state index is 0.00186. The summed E-state index contributed by atoms with van der Waals surface area (Å²) >= 11 is 0. The normalized spacial score (nSPS) is 12.1. The molecule has 146 valence electrons. The minimum absolute atomic E-state index is 0.00186. The lowest BCUT2D eigenvalue weighted by Gasteiger charge is -2.29. The van der Waals surface area contributed by atoms with Gasteiger partial charge in [0.15, 0.2) is 5.82 Å². The fourth-order valence-electron chi connectivity index (χ4n) is 3.16. The molecule has 2 aromatic carbocycles. The molecule has 0 aliphatic heterocycles. The van der Waals surface area contributed by atoms with Crippen molar-refractivity contribution in [3.8, 4) is 11.4 Å². The smallest absolute Gasteiger partial charge is 0.181 e. The summed E-state index contributed by atoms with van der Waals surface area (Å²) in [4.78, 5) is 8.78. The van der Waals surface area contributed by atoms with E-state index in [-0.39, 0.29) is 6.04 Å². The van der Waals surface area contributed by atoms with Gasteiger partial charge in [-0.25, -0.2) is 9.99 Å². The largest absolute Gasteiger partial charge is 0.318 e. The van der Waals surface area contributed by atoms with Gasteiger partial charge in [0.05, 0.1) is 6.04 Å². The number of aromatic amines is 1. The molecule has 0 spiro atoms. The third-order valence-electron chi connectivity index (χ3n) is 4.84. The summed E-state index contributed by atoms with van der Waals surface area (Å²) in [7, 11) is 0. The minimum Gasteiger partial charge on any atom is -0.318 e. The maximum atomic E-state index is 4.72. The van der Waals surface area contributed by atoms with Crippen molar-refractivity contribution in [2.45, 2.75) is 19.4 Å². The highest BCUT2D eigenvalue weighted by molar-refractivity contribution is 5.53. The van der Waals surface area contributed by atoms with Crippen LogP contribution in [-0.2, 0) is 6.42 Å². The van der Waals surface area contributed by atoms with Crippen molar-refractivity contribution in [1.82, 2.24) is 25.2 Å². The van der Waals surface area contributed by atoms with E-state index in [0.717, 1.165) is 30.0 Å². The SMILES string of the molecule is CC(c1nc(-c2ccncc2)n[nH]1)N(CCc1ccccc1)Nc1ccccc1. The molecule has 0 aliphatic rings. The molecule has 1 atom stereocenters. The Kier molecular flexibility index (Phi) is 5.92. The molecular weight excluding hydrogens is 360 g/mol. The lowest BCUT2D eigenvalue weighted by Crippen LogP contribution is -2.35. The standard InChI is InChI=1S/C23H24N6/c1-18(22-25-23(27-26-22)20-12-15-24-16-13-20)29(28-21-10-6-3-7-11-21)17-14-19-8-4-2-5-9-19/h2-13,15-16,18,28H,14,17H2,1H3,(H,25,26,27).